The second-order valence-electron chi connectivity index (χ2n) is 5.03. The van der Waals surface area contributed by atoms with E-state index in [1.54, 1.807) is 0 Å². The summed E-state index contributed by atoms with van der Waals surface area (Å²) in [5.74, 6) is 1.96. The Morgan fingerprint density at radius 2 is 2.21 bits per heavy atom. The van der Waals surface area contributed by atoms with Crippen LogP contribution in [-0.2, 0) is 4.79 Å². The molecule has 1 heteroatoms. The number of hydrogen-bond donors (Lipinski definition) is 0. The summed E-state index contributed by atoms with van der Waals surface area (Å²) in [5, 5.41) is 0. The smallest absolute Gasteiger partial charge is 0.158 e. The molecule has 0 bridgehead atoms. The van der Waals surface area contributed by atoms with Gasteiger partial charge in [-0.1, -0.05) is 32.3 Å². The Kier molecular flexibility index (Phi) is 3.05. The molecule has 0 saturated heterocycles. The fourth-order valence-electron chi connectivity index (χ4n) is 2.31. The summed E-state index contributed by atoms with van der Waals surface area (Å²) in [7, 11) is 0. The standard InChI is InChI=1S/C13H20O/c1-10-5-7-12(8-6-10)13(14)9-11-3-2-4-11/h7,10-11H,2-6,8-9H2,1H3. The highest BCUT2D eigenvalue weighted by Gasteiger charge is 2.23. The van der Waals surface area contributed by atoms with Gasteiger partial charge in [-0.15, -0.1) is 0 Å². The van der Waals surface area contributed by atoms with Crippen LogP contribution in [-0.4, -0.2) is 5.78 Å². The number of carbonyl (C=O) groups is 1. The van der Waals surface area contributed by atoms with E-state index in [4.69, 9.17) is 0 Å². The molecule has 1 saturated carbocycles. The van der Waals surface area contributed by atoms with Crippen molar-refractivity contribution in [3.63, 3.8) is 0 Å². The molecule has 2 aliphatic carbocycles. The first-order valence-corrected chi connectivity index (χ1v) is 5.98. The average Bonchev–Trinajstić information content (AvgIpc) is 2.12. The van der Waals surface area contributed by atoms with Gasteiger partial charge in [0.2, 0.25) is 0 Å². The van der Waals surface area contributed by atoms with Gasteiger partial charge in [-0.05, 0) is 36.7 Å². The summed E-state index contributed by atoms with van der Waals surface area (Å²) in [6.07, 6.45) is 10.3. The maximum atomic E-state index is 11.8. The van der Waals surface area contributed by atoms with E-state index in [0.717, 1.165) is 36.7 Å². The van der Waals surface area contributed by atoms with Crippen molar-refractivity contribution in [1.29, 1.82) is 0 Å². The summed E-state index contributed by atoms with van der Waals surface area (Å²) in [5.41, 5.74) is 1.13. The van der Waals surface area contributed by atoms with Gasteiger partial charge in [-0.25, -0.2) is 0 Å². The molecule has 0 aliphatic heterocycles. The lowest BCUT2D eigenvalue weighted by Crippen LogP contribution is -2.18. The topological polar surface area (TPSA) is 17.1 Å². The molecule has 0 N–H and O–H groups in total. The van der Waals surface area contributed by atoms with Crippen molar-refractivity contribution in [3.05, 3.63) is 11.6 Å². The molecule has 2 aliphatic rings. The van der Waals surface area contributed by atoms with Gasteiger partial charge in [0, 0.05) is 6.42 Å². The van der Waals surface area contributed by atoms with E-state index in [-0.39, 0.29) is 0 Å². The van der Waals surface area contributed by atoms with Crippen molar-refractivity contribution in [3.8, 4) is 0 Å². The molecular formula is C13H20O. The second-order valence-corrected chi connectivity index (χ2v) is 5.03. The van der Waals surface area contributed by atoms with Crippen molar-refractivity contribution < 1.29 is 4.79 Å². The number of Topliss-reactive ketones (excluding diaryl/α,β-unsaturated/α-hetero) is 1. The van der Waals surface area contributed by atoms with Crippen molar-refractivity contribution in [2.45, 2.75) is 51.9 Å². The monoisotopic (exact) mass is 192 g/mol. The highest BCUT2D eigenvalue weighted by atomic mass is 16.1. The Morgan fingerprint density at radius 1 is 1.43 bits per heavy atom. The molecule has 1 unspecified atom stereocenters. The van der Waals surface area contributed by atoms with Crippen molar-refractivity contribution >= 4 is 5.78 Å². The summed E-state index contributed by atoms with van der Waals surface area (Å²) < 4.78 is 0. The number of allylic oxidation sites excluding steroid dienone is 2. The largest absolute Gasteiger partial charge is 0.295 e. The molecule has 0 aromatic rings. The summed E-state index contributed by atoms with van der Waals surface area (Å²) in [6, 6.07) is 0. The molecule has 0 heterocycles. The molecule has 0 aromatic heterocycles. The minimum absolute atomic E-state index is 0.446. The van der Waals surface area contributed by atoms with Gasteiger partial charge in [0.15, 0.2) is 5.78 Å². The Labute approximate surface area is 86.6 Å². The molecule has 1 nitrogen and oxygen atoms in total. The minimum atomic E-state index is 0.446. The third-order valence-corrected chi connectivity index (χ3v) is 3.73. The lowest BCUT2D eigenvalue weighted by molar-refractivity contribution is -0.117. The van der Waals surface area contributed by atoms with Gasteiger partial charge in [0.25, 0.3) is 0 Å². The summed E-state index contributed by atoms with van der Waals surface area (Å²) in [6.45, 7) is 2.27. The van der Waals surface area contributed by atoms with Crippen LogP contribution in [0.3, 0.4) is 0 Å². The fraction of sp³-hybridized carbons (Fsp3) is 0.769. The average molecular weight is 192 g/mol. The molecule has 14 heavy (non-hydrogen) atoms. The zero-order valence-electron chi connectivity index (χ0n) is 9.09. The minimum Gasteiger partial charge on any atom is -0.295 e. The lowest BCUT2D eigenvalue weighted by Gasteiger charge is -2.26. The predicted octanol–water partition coefficient (Wildman–Crippen LogP) is 3.49. The quantitative estimate of drug-likeness (QED) is 0.669. The van der Waals surface area contributed by atoms with E-state index in [1.807, 2.05) is 0 Å². The lowest BCUT2D eigenvalue weighted by atomic mass is 9.79. The Morgan fingerprint density at radius 3 is 2.71 bits per heavy atom. The Hall–Kier alpha value is -0.590. The molecule has 0 radical (unpaired) electrons. The van der Waals surface area contributed by atoms with Crippen LogP contribution < -0.4 is 0 Å². The molecule has 0 amide bonds. The zero-order chi connectivity index (χ0) is 9.97. The summed E-state index contributed by atoms with van der Waals surface area (Å²) in [4.78, 5) is 11.8. The highest BCUT2D eigenvalue weighted by Crippen LogP contribution is 2.32. The van der Waals surface area contributed by atoms with E-state index in [1.165, 1.54) is 25.7 Å². The number of rotatable bonds is 3. The van der Waals surface area contributed by atoms with Crippen molar-refractivity contribution in [2.24, 2.45) is 11.8 Å². The predicted molar refractivity (Wildman–Crippen MR) is 58.1 cm³/mol. The van der Waals surface area contributed by atoms with Gasteiger partial charge in [-0.2, -0.15) is 0 Å². The Balaban J connectivity index is 1.84. The maximum absolute atomic E-state index is 11.8. The van der Waals surface area contributed by atoms with Crippen LogP contribution in [0.4, 0.5) is 0 Å². The number of ketones is 1. The third kappa shape index (κ3) is 2.26. The zero-order valence-corrected chi connectivity index (χ0v) is 9.09. The van der Waals surface area contributed by atoms with E-state index in [2.05, 4.69) is 13.0 Å². The first-order valence-electron chi connectivity index (χ1n) is 5.98. The second kappa shape index (κ2) is 4.29. The van der Waals surface area contributed by atoms with Gasteiger partial charge in [-0.3, -0.25) is 4.79 Å². The van der Waals surface area contributed by atoms with E-state index < -0.39 is 0 Å². The van der Waals surface area contributed by atoms with Crippen LogP contribution in [0, 0.1) is 11.8 Å². The molecule has 0 aromatic carbocycles. The number of hydrogen-bond acceptors (Lipinski definition) is 1. The molecule has 2 rings (SSSR count). The van der Waals surface area contributed by atoms with Crippen LogP contribution >= 0.6 is 0 Å². The van der Waals surface area contributed by atoms with Crippen LogP contribution in [0.15, 0.2) is 11.6 Å². The fourth-order valence-corrected chi connectivity index (χ4v) is 2.31. The molecule has 78 valence electrons. The third-order valence-electron chi connectivity index (χ3n) is 3.73. The van der Waals surface area contributed by atoms with Crippen LogP contribution in [0.5, 0.6) is 0 Å². The van der Waals surface area contributed by atoms with Crippen molar-refractivity contribution in [2.75, 3.05) is 0 Å². The maximum Gasteiger partial charge on any atom is 0.158 e. The van der Waals surface area contributed by atoms with Crippen molar-refractivity contribution in [1.82, 2.24) is 0 Å². The van der Waals surface area contributed by atoms with E-state index in [9.17, 15) is 4.79 Å². The van der Waals surface area contributed by atoms with E-state index in [0.29, 0.717) is 5.78 Å². The molecular weight excluding hydrogens is 172 g/mol. The van der Waals surface area contributed by atoms with Gasteiger partial charge >= 0.3 is 0 Å². The normalized spacial score (nSPS) is 28.1. The van der Waals surface area contributed by atoms with Crippen LogP contribution in [0.1, 0.15) is 51.9 Å². The first kappa shape index (κ1) is 9.95. The highest BCUT2D eigenvalue weighted by molar-refractivity contribution is 5.95. The molecule has 1 atom stereocenters. The van der Waals surface area contributed by atoms with Crippen LogP contribution in [0.25, 0.3) is 0 Å². The summed E-state index contributed by atoms with van der Waals surface area (Å²) >= 11 is 0. The van der Waals surface area contributed by atoms with Gasteiger partial charge < -0.3 is 0 Å². The SMILES string of the molecule is CC1CC=C(C(=O)CC2CCC2)CC1. The van der Waals surface area contributed by atoms with E-state index >= 15 is 0 Å². The van der Waals surface area contributed by atoms with Gasteiger partial charge in [0.05, 0.1) is 0 Å². The first-order chi connectivity index (χ1) is 6.75. The number of carbonyl (C=O) groups excluding carboxylic acids is 1. The molecule has 1 fully saturated rings. The Bertz CT molecular complexity index is 248. The van der Waals surface area contributed by atoms with Crippen LogP contribution in [0.2, 0.25) is 0 Å². The van der Waals surface area contributed by atoms with Gasteiger partial charge in [0.1, 0.15) is 0 Å². The molecule has 0 spiro atoms.